The van der Waals surface area contributed by atoms with Gasteiger partial charge >= 0.3 is 12.2 Å². The van der Waals surface area contributed by atoms with Crippen molar-refractivity contribution in [2.45, 2.75) is 63.2 Å². The molecule has 4 amide bonds. The molecule has 0 spiro atoms. The lowest BCUT2D eigenvalue weighted by molar-refractivity contribution is -0.138. The minimum absolute atomic E-state index is 0.0509. The number of likely N-dealkylation sites (tertiary alicyclic amines) is 1. The first-order valence-corrected chi connectivity index (χ1v) is 22.6. The van der Waals surface area contributed by atoms with Crippen molar-refractivity contribution < 1.29 is 42.9 Å². The molecule has 2 aromatic heterocycles. The van der Waals surface area contributed by atoms with Crippen LogP contribution in [0.15, 0.2) is 79.0 Å². The molecule has 6 aliphatic rings. The van der Waals surface area contributed by atoms with Gasteiger partial charge in [0.15, 0.2) is 0 Å². The van der Waals surface area contributed by atoms with Gasteiger partial charge in [-0.3, -0.25) is 9.59 Å². The topological polar surface area (TPSA) is 202 Å². The number of aromatic nitrogens is 4. The van der Waals surface area contributed by atoms with E-state index in [4.69, 9.17) is 33.7 Å². The van der Waals surface area contributed by atoms with E-state index in [1.54, 1.807) is 18.9 Å². The van der Waals surface area contributed by atoms with E-state index in [2.05, 4.69) is 63.9 Å². The Hall–Kier alpha value is -6.98. The van der Waals surface area contributed by atoms with Crippen LogP contribution in [0.1, 0.15) is 61.2 Å². The summed E-state index contributed by atoms with van der Waals surface area (Å²) in [6, 6.07) is 21.3. The SMILES string of the molecule is COC[C@H]1C[C@@H](c2nc3ccc4cc5c(cc4c3[nH]2)OCc2cc(-c3cnc([C@@H]4C6[C@@H]7[C@H](N4C(=O)[C@@H](NC(=O)OC)[C@@H](C)OC)[C@]67C)[nH]3)ccc2-5)N(C(=O)[C@H](NC(=O)OC)c2ccccc2)C1. The molecule has 4 aromatic carbocycles. The molecule has 3 saturated heterocycles. The van der Waals surface area contributed by atoms with E-state index in [-0.39, 0.29) is 35.2 Å². The monoisotopic (exact) mass is 908 g/mol. The maximum Gasteiger partial charge on any atom is 0.407 e. The molecular weight excluding hydrogens is 857 g/mol. The molecule has 6 aromatic rings. The van der Waals surface area contributed by atoms with Gasteiger partial charge in [0.05, 0.1) is 61.9 Å². The number of ether oxygens (including phenoxy) is 5. The summed E-state index contributed by atoms with van der Waals surface area (Å²) in [7, 11) is 5.72. The zero-order valence-electron chi connectivity index (χ0n) is 38.0. The number of fused-ring (bicyclic) bond motifs is 7. The number of nitrogens with one attached hydrogen (secondary N) is 4. The highest BCUT2D eigenvalue weighted by molar-refractivity contribution is 6.07. The second kappa shape index (κ2) is 16.1. The number of rotatable bonds is 12. The molecule has 17 nitrogen and oxygen atoms in total. The summed E-state index contributed by atoms with van der Waals surface area (Å²) < 4.78 is 27.3. The fourth-order valence-electron chi connectivity index (χ4n) is 11.5. The molecular formula is C50H52N8O9. The average molecular weight is 909 g/mol. The van der Waals surface area contributed by atoms with E-state index in [9.17, 15) is 19.2 Å². The zero-order valence-corrected chi connectivity index (χ0v) is 38.0. The summed E-state index contributed by atoms with van der Waals surface area (Å²) in [4.78, 5) is 74.1. The first kappa shape index (κ1) is 42.6. The fraction of sp³-hybridized carbons (Fsp3) is 0.400. The summed E-state index contributed by atoms with van der Waals surface area (Å²) in [6.07, 6.45) is 0.491. The van der Waals surface area contributed by atoms with Crippen LogP contribution in [0.2, 0.25) is 0 Å². The van der Waals surface area contributed by atoms with E-state index in [0.717, 1.165) is 61.3 Å². The Morgan fingerprint density at radius 1 is 0.896 bits per heavy atom. The summed E-state index contributed by atoms with van der Waals surface area (Å²) in [5.41, 5.74) is 7.14. The molecule has 4 N–H and O–H groups in total. The van der Waals surface area contributed by atoms with Gasteiger partial charge < -0.3 is 54.1 Å². The molecule has 10 atom stereocenters. The first-order valence-electron chi connectivity index (χ1n) is 22.6. The number of hydrogen-bond donors (Lipinski definition) is 4. The van der Waals surface area contributed by atoms with Crippen LogP contribution in [0, 0.1) is 23.2 Å². The van der Waals surface area contributed by atoms with Gasteiger partial charge in [0, 0.05) is 43.7 Å². The predicted molar refractivity (Wildman–Crippen MR) is 244 cm³/mol. The molecule has 0 radical (unpaired) electrons. The van der Waals surface area contributed by atoms with Crippen molar-refractivity contribution in [3.8, 4) is 28.1 Å². The van der Waals surface area contributed by atoms with Gasteiger partial charge in [-0.1, -0.05) is 55.5 Å². The van der Waals surface area contributed by atoms with Crippen LogP contribution < -0.4 is 15.4 Å². The van der Waals surface area contributed by atoms with Crippen LogP contribution in [0.3, 0.4) is 0 Å². The second-order valence-corrected chi connectivity index (χ2v) is 18.6. The number of amides is 4. The predicted octanol–water partition coefficient (Wildman–Crippen LogP) is 6.58. The first-order chi connectivity index (χ1) is 32.5. The van der Waals surface area contributed by atoms with Crippen LogP contribution in [-0.4, -0.2) is 114 Å². The lowest BCUT2D eigenvalue weighted by Crippen LogP contribution is -2.54. The molecule has 2 bridgehead atoms. The number of piperidine rings is 1. The Morgan fingerprint density at radius 2 is 1.67 bits per heavy atom. The molecule has 4 aliphatic heterocycles. The van der Waals surface area contributed by atoms with Crippen molar-refractivity contribution in [2.75, 3.05) is 41.6 Å². The Bertz CT molecular complexity index is 2970. The van der Waals surface area contributed by atoms with Gasteiger partial charge in [-0.2, -0.15) is 0 Å². The van der Waals surface area contributed by atoms with Gasteiger partial charge in [0.2, 0.25) is 5.91 Å². The Kier molecular flexibility index (Phi) is 10.3. The standard InChI is InChI=1S/C50H52N8O9/c1-24(64-4)39(55-48(61)65-5)47(60)58-42(37-38-43(58)50(37,38)2)45-51-20-34(53-45)28-12-14-30-29(17-28)23-67-36-19-31-27(18-32(30)36)13-15-33-41(31)54-44(52-33)35-16-25(22-63-3)21-57(35)46(59)40(56-49(62)66-6)26-10-8-7-9-11-26/h7-15,17-20,24-25,35,37-40,42-43H,16,21-23H2,1-6H3,(H,51,53)(H,52,54)(H,55,61)(H,56,62)/t24-,25+,35+,37?,38-,39+,40-,42+,43+,50-/m1/s1. The van der Waals surface area contributed by atoms with Crippen LogP contribution in [0.5, 0.6) is 5.75 Å². The van der Waals surface area contributed by atoms with Gasteiger partial charge in [0.25, 0.3) is 5.91 Å². The maximum atomic E-state index is 14.4. The van der Waals surface area contributed by atoms with Crippen LogP contribution in [0.25, 0.3) is 44.2 Å². The van der Waals surface area contributed by atoms with Crippen LogP contribution in [0.4, 0.5) is 9.59 Å². The largest absolute Gasteiger partial charge is 0.488 e. The highest BCUT2D eigenvalue weighted by atomic mass is 16.5. The molecule has 6 heterocycles. The number of benzene rings is 4. The number of nitrogens with zero attached hydrogens (tertiary/aromatic N) is 4. The summed E-state index contributed by atoms with van der Waals surface area (Å²) in [5.74, 6) is 2.41. The number of hydrogen-bond acceptors (Lipinski definition) is 11. The summed E-state index contributed by atoms with van der Waals surface area (Å²) in [5, 5.41) is 7.38. The summed E-state index contributed by atoms with van der Waals surface area (Å²) in [6.45, 7) is 5.24. The van der Waals surface area contributed by atoms with Crippen LogP contribution in [-0.2, 0) is 35.1 Å². The minimum Gasteiger partial charge on any atom is -0.488 e. The molecule has 1 unspecified atom stereocenters. The zero-order chi connectivity index (χ0) is 46.5. The molecule has 346 valence electrons. The van der Waals surface area contributed by atoms with E-state index >= 15 is 0 Å². The molecule has 2 saturated carbocycles. The Labute approximate surface area is 385 Å². The van der Waals surface area contributed by atoms with Crippen molar-refractivity contribution in [3.05, 3.63) is 102 Å². The lowest BCUT2D eigenvalue weighted by atomic mass is 9.92. The molecule has 2 aliphatic carbocycles. The molecule has 67 heavy (non-hydrogen) atoms. The number of H-pyrrole nitrogens is 2. The van der Waals surface area contributed by atoms with Crippen molar-refractivity contribution in [2.24, 2.45) is 23.2 Å². The van der Waals surface area contributed by atoms with Gasteiger partial charge in [0.1, 0.15) is 36.1 Å². The smallest absolute Gasteiger partial charge is 0.407 e. The quantitative estimate of drug-likeness (QED) is 0.103. The van der Waals surface area contributed by atoms with E-state index < -0.39 is 36.4 Å². The van der Waals surface area contributed by atoms with Crippen molar-refractivity contribution in [1.82, 2.24) is 40.4 Å². The summed E-state index contributed by atoms with van der Waals surface area (Å²) >= 11 is 0. The minimum atomic E-state index is -0.958. The second-order valence-electron chi connectivity index (χ2n) is 18.6. The van der Waals surface area contributed by atoms with E-state index in [1.165, 1.54) is 21.3 Å². The average Bonchev–Trinajstić information content (AvgIpc) is 3.83. The number of imidazole rings is 2. The third-order valence-electron chi connectivity index (χ3n) is 15.1. The van der Waals surface area contributed by atoms with Crippen molar-refractivity contribution in [1.29, 1.82) is 0 Å². The highest BCUT2D eigenvalue weighted by Crippen LogP contribution is 2.90. The van der Waals surface area contributed by atoms with Crippen LogP contribution >= 0.6 is 0 Å². The van der Waals surface area contributed by atoms with E-state index in [1.807, 2.05) is 47.5 Å². The van der Waals surface area contributed by atoms with Crippen molar-refractivity contribution >= 4 is 45.8 Å². The maximum absolute atomic E-state index is 14.4. The Balaban J connectivity index is 0.864. The number of methoxy groups -OCH3 is 4. The Morgan fingerprint density at radius 3 is 2.42 bits per heavy atom. The third-order valence-corrected chi connectivity index (χ3v) is 15.1. The number of carbonyl (C=O) groups is 4. The number of carbonyl (C=O) groups excluding carboxylic acids is 4. The van der Waals surface area contributed by atoms with E-state index in [0.29, 0.717) is 49.4 Å². The highest BCUT2D eigenvalue weighted by Gasteiger charge is 2.94. The van der Waals surface area contributed by atoms with Gasteiger partial charge in [-0.25, -0.2) is 19.6 Å². The lowest BCUT2D eigenvalue weighted by Gasteiger charge is -2.30. The molecule has 5 fully saturated rings. The number of alkyl carbamates (subject to hydrolysis) is 2. The van der Waals surface area contributed by atoms with Gasteiger partial charge in [-0.05, 0) is 82.5 Å². The third kappa shape index (κ3) is 6.80. The molecule has 17 heteroatoms. The van der Waals surface area contributed by atoms with Crippen molar-refractivity contribution in [3.63, 3.8) is 0 Å². The normalized spacial score (nSPS) is 25.3. The number of aromatic amines is 2. The van der Waals surface area contributed by atoms with Gasteiger partial charge in [-0.15, -0.1) is 0 Å². The molecule has 12 rings (SSSR count). The fourth-order valence-corrected chi connectivity index (χ4v) is 11.5.